The van der Waals surface area contributed by atoms with Crippen LogP contribution in [0.25, 0.3) is 0 Å². The highest BCUT2D eigenvalue weighted by molar-refractivity contribution is 8.00. The molecule has 8 heteroatoms. The average molecular weight is 275 g/mol. The van der Waals surface area contributed by atoms with Gasteiger partial charge in [-0.2, -0.15) is 22.0 Å². The molecule has 0 radical (unpaired) electrons. The molecule has 1 rings (SSSR count). The number of furan rings is 1. The van der Waals surface area contributed by atoms with Gasteiger partial charge in [-0.15, -0.1) is 11.8 Å². The van der Waals surface area contributed by atoms with Crippen molar-refractivity contribution in [1.82, 2.24) is 0 Å². The lowest BCUT2D eigenvalue weighted by Gasteiger charge is -2.26. The Morgan fingerprint density at radius 3 is 2.29 bits per heavy atom. The first-order valence-corrected chi connectivity index (χ1v) is 5.43. The van der Waals surface area contributed by atoms with Gasteiger partial charge in [0, 0.05) is 11.4 Å². The van der Waals surface area contributed by atoms with Gasteiger partial charge in [0.05, 0.1) is 11.5 Å². The summed E-state index contributed by atoms with van der Waals surface area (Å²) in [7, 11) is 0. The fraction of sp³-hybridized carbons (Fsp3) is 0.556. The quantitative estimate of drug-likeness (QED) is 0.677. The van der Waals surface area contributed by atoms with E-state index in [1.165, 1.54) is 19.3 Å². The molecule has 1 aromatic rings. The first-order valence-electron chi connectivity index (χ1n) is 4.55. The van der Waals surface area contributed by atoms with E-state index in [2.05, 4.69) is 0 Å². The number of halogens is 5. The maximum Gasteiger partial charge on any atom is 0.454 e. The van der Waals surface area contributed by atoms with Crippen molar-refractivity contribution in [2.75, 3.05) is 6.54 Å². The molecule has 98 valence electrons. The first kappa shape index (κ1) is 14.3. The fourth-order valence-electron chi connectivity index (χ4n) is 1.10. The molecule has 2 nitrogen and oxygen atoms in total. The summed E-state index contributed by atoms with van der Waals surface area (Å²) in [6, 6.07) is 1.33. The normalized spacial score (nSPS) is 15.0. The van der Waals surface area contributed by atoms with Crippen LogP contribution in [0.3, 0.4) is 0 Å². The minimum Gasteiger partial charge on any atom is -0.468 e. The molecular formula is C9H10F5NOS. The first-order chi connectivity index (χ1) is 7.70. The number of nitrogens with two attached hydrogens (primary N) is 1. The molecule has 0 fully saturated rings. The van der Waals surface area contributed by atoms with Gasteiger partial charge < -0.3 is 10.2 Å². The van der Waals surface area contributed by atoms with Crippen molar-refractivity contribution in [3.05, 3.63) is 18.1 Å². The molecule has 1 unspecified atom stereocenters. The molecular weight excluding hydrogens is 265 g/mol. The number of thioether (sulfide) groups is 1. The van der Waals surface area contributed by atoms with E-state index in [1.54, 1.807) is 0 Å². The molecule has 0 amide bonds. The van der Waals surface area contributed by atoms with E-state index in [1.807, 2.05) is 0 Å². The zero-order chi connectivity index (χ0) is 13.3. The van der Waals surface area contributed by atoms with E-state index < -0.39 is 23.9 Å². The summed E-state index contributed by atoms with van der Waals surface area (Å²) in [4.78, 5) is 0.226. The van der Waals surface area contributed by atoms with Crippen LogP contribution in [0.15, 0.2) is 21.6 Å². The topological polar surface area (TPSA) is 39.2 Å². The number of hydrogen-bond acceptors (Lipinski definition) is 3. The van der Waals surface area contributed by atoms with Gasteiger partial charge in [-0.05, 0) is 13.0 Å². The molecule has 1 heterocycles. The number of alkyl halides is 5. The van der Waals surface area contributed by atoms with Crippen molar-refractivity contribution in [1.29, 1.82) is 0 Å². The lowest BCUT2D eigenvalue weighted by molar-refractivity contribution is -0.280. The molecule has 0 saturated heterocycles. The van der Waals surface area contributed by atoms with Crippen LogP contribution in [0.2, 0.25) is 0 Å². The minimum atomic E-state index is -5.61. The summed E-state index contributed by atoms with van der Waals surface area (Å²) in [6.45, 7) is 0.684. The van der Waals surface area contributed by atoms with Gasteiger partial charge in [-0.1, -0.05) is 0 Å². The van der Waals surface area contributed by atoms with E-state index in [-0.39, 0.29) is 10.7 Å². The zero-order valence-corrected chi connectivity index (χ0v) is 9.54. The van der Waals surface area contributed by atoms with Crippen molar-refractivity contribution >= 4 is 11.8 Å². The van der Waals surface area contributed by atoms with Crippen LogP contribution in [-0.4, -0.2) is 23.9 Å². The average Bonchev–Trinajstić information content (AvgIpc) is 2.58. The summed E-state index contributed by atoms with van der Waals surface area (Å²) < 4.78 is 67.4. The van der Waals surface area contributed by atoms with Crippen molar-refractivity contribution in [2.45, 2.75) is 29.2 Å². The predicted octanol–water partition coefficient (Wildman–Crippen LogP) is 3.21. The molecule has 0 aliphatic heterocycles. The smallest absolute Gasteiger partial charge is 0.454 e. The Labute approximate surface area is 98.3 Å². The summed E-state index contributed by atoms with van der Waals surface area (Å²) in [5.74, 6) is -4.55. The molecule has 0 aliphatic rings. The van der Waals surface area contributed by atoms with Crippen LogP contribution >= 0.6 is 11.8 Å². The fourth-order valence-corrected chi connectivity index (χ4v) is 2.13. The monoisotopic (exact) mass is 275 g/mol. The largest absolute Gasteiger partial charge is 0.468 e. The SMILES string of the molecule is Cc1occc1SC(CN)C(F)(F)C(F)(F)F. The van der Waals surface area contributed by atoms with Crippen molar-refractivity contribution in [3.8, 4) is 0 Å². The number of rotatable bonds is 4. The lowest BCUT2D eigenvalue weighted by Crippen LogP contribution is -2.48. The van der Waals surface area contributed by atoms with Crippen LogP contribution in [0.5, 0.6) is 0 Å². The van der Waals surface area contributed by atoms with Gasteiger partial charge >= 0.3 is 12.1 Å². The van der Waals surface area contributed by atoms with Gasteiger partial charge in [0.2, 0.25) is 0 Å². The van der Waals surface area contributed by atoms with Gasteiger partial charge in [-0.3, -0.25) is 0 Å². The van der Waals surface area contributed by atoms with E-state index in [0.29, 0.717) is 11.8 Å². The molecule has 0 saturated carbocycles. The third kappa shape index (κ3) is 2.92. The second-order valence-corrected chi connectivity index (χ2v) is 4.55. The molecule has 2 N–H and O–H groups in total. The Hall–Kier alpha value is -0.760. The highest BCUT2D eigenvalue weighted by Gasteiger charge is 2.62. The molecule has 0 aromatic carbocycles. The summed E-state index contributed by atoms with van der Waals surface area (Å²) in [5.41, 5.74) is 4.99. The molecule has 1 atom stereocenters. The lowest BCUT2D eigenvalue weighted by atomic mass is 10.2. The van der Waals surface area contributed by atoms with E-state index in [4.69, 9.17) is 10.2 Å². The Balaban J connectivity index is 2.90. The molecule has 0 spiro atoms. The molecule has 0 bridgehead atoms. The van der Waals surface area contributed by atoms with Crippen LogP contribution < -0.4 is 5.73 Å². The maximum absolute atomic E-state index is 13.1. The van der Waals surface area contributed by atoms with Gasteiger partial charge in [0.1, 0.15) is 5.76 Å². The van der Waals surface area contributed by atoms with E-state index in [9.17, 15) is 22.0 Å². The van der Waals surface area contributed by atoms with Crippen LogP contribution in [0.4, 0.5) is 22.0 Å². The Morgan fingerprint density at radius 2 is 1.94 bits per heavy atom. The summed E-state index contributed by atoms with van der Waals surface area (Å²) in [6.07, 6.45) is -4.39. The van der Waals surface area contributed by atoms with Gasteiger partial charge in [0.15, 0.2) is 0 Å². The van der Waals surface area contributed by atoms with Crippen molar-refractivity contribution < 1.29 is 26.4 Å². The number of aryl methyl sites for hydroxylation is 1. The Morgan fingerprint density at radius 1 is 1.35 bits per heavy atom. The Bertz CT molecular complexity index is 376. The predicted molar refractivity (Wildman–Crippen MR) is 53.1 cm³/mol. The summed E-state index contributed by atoms with van der Waals surface area (Å²) >= 11 is 0.367. The standard InChI is InChI=1S/C9H10F5NOS/c1-5-6(2-3-16-5)17-7(4-15)8(10,11)9(12,13)14/h2-3,7H,4,15H2,1H3. The Kier molecular flexibility index (Phi) is 4.08. The third-order valence-corrected chi connectivity index (χ3v) is 3.53. The molecule has 0 aliphatic carbocycles. The summed E-state index contributed by atoms with van der Waals surface area (Å²) in [5, 5.41) is -2.07. The van der Waals surface area contributed by atoms with E-state index >= 15 is 0 Å². The van der Waals surface area contributed by atoms with Crippen LogP contribution in [-0.2, 0) is 0 Å². The van der Waals surface area contributed by atoms with Crippen molar-refractivity contribution in [3.63, 3.8) is 0 Å². The maximum atomic E-state index is 13.1. The van der Waals surface area contributed by atoms with Gasteiger partial charge in [0.25, 0.3) is 0 Å². The van der Waals surface area contributed by atoms with Crippen LogP contribution in [0.1, 0.15) is 5.76 Å². The van der Waals surface area contributed by atoms with E-state index in [0.717, 1.165) is 0 Å². The third-order valence-electron chi connectivity index (χ3n) is 2.08. The molecule has 17 heavy (non-hydrogen) atoms. The second-order valence-electron chi connectivity index (χ2n) is 3.30. The molecule has 1 aromatic heterocycles. The van der Waals surface area contributed by atoms with Gasteiger partial charge in [-0.25, -0.2) is 0 Å². The number of hydrogen-bond donors (Lipinski definition) is 1. The highest BCUT2D eigenvalue weighted by atomic mass is 32.2. The second kappa shape index (κ2) is 4.85. The highest BCUT2D eigenvalue weighted by Crippen LogP contribution is 2.44. The van der Waals surface area contributed by atoms with Crippen LogP contribution in [0, 0.1) is 6.92 Å². The minimum absolute atomic E-state index is 0.226. The van der Waals surface area contributed by atoms with Crippen molar-refractivity contribution in [2.24, 2.45) is 5.73 Å². The zero-order valence-electron chi connectivity index (χ0n) is 8.72.